The third-order valence-electron chi connectivity index (χ3n) is 4.98. The Morgan fingerprint density at radius 1 is 1.13 bits per heavy atom. The molecule has 0 aromatic heterocycles. The normalized spacial score (nSPS) is 21.5. The minimum atomic E-state index is -3.47. The number of carbonyl (C=O) groups excluding carboxylic acids is 1. The fourth-order valence-electron chi connectivity index (χ4n) is 3.54. The van der Waals surface area contributed by atoms with E-state index in [0.717, 1.165) is 30.5 Å². The van der Waals surface area contributed by atoms with Crippen molar-refractivity contribution in [1.82, 2.24) is 4.31 Å². The van der Waals surface area contributed by atoms with Crippen LogP contribution in [0.25, 0.3) is 0 Å². The van der Waals surface area contributed by atoms with Gasteiger partial charge in [0.05, 0.1) is 10.3 Å². The average molecular weight is 336 g/mol. The van der Waals surface area contributed by atoms with E-state index in [1.165, 1.54) is 0 Å². The minimum Gasteiger partial charge on any atom is -0.312 e. The number of nitrogens with zero attached hydrogens (tertiary/aromatic N) is 2. The summed E-state index contributed by atoms with van der Waals surface area (Å²) >= 11 is 0. The Balaban J connectivity index is 2.05. The predicted molar refractivity (Wildman–Crippen MR) is 90.1 cm³/mol. The summed E-state index contributed by atoms with van der Waals surface area (Å²) in [5.74, 6) is 0.0301. The molecule has 0 N–H and O–H groups in total. The zero-order valence-electron chi connectivity index (χ0n) is 14.0. The number of likely N-dealkylation sites (N-methyl/N-ethyl adjacent to an activating group) is 1. The number of amides is 1. The van der Waals surface area contributed by atoms with Gasteiger partial charge < -0.3 is 4.90 Å². The molecule has 2 aliphatic rings. The fourth-order valence-corrected chi connectivity index (χ4v) is 5.09. The van der Waals surface area contributed by atoms with Crippen LogP contribution in [0.5, 0.6) is 0 Å². The van der Waals surface area contributed by atoms with Gasteiger partial charge in [0.1, 0.15) is 0 Å². The van der Waals surface area contributed by atoms with Gasteiger partial charge in [0, 0.05) is 25.3 Å². The van der Waals surface area contributed by atoms with Crippen LogP contribution in [0.2, 0.25) is 0 Å². The molecule has 1 aromatic carbocycles. The van der Waals surface area contributed by atoms with Gasteiger partial charge >= 0.3 is 0 Å². The third kappa shape index (κ3) is 2.48. The van der Waals surface area contributed by atoms with E-state index in [4.69, 9.17) is 0 Å². The number of hydrogen-bond donors (Lipinski definition) is 0. The van der Waals surface area contributed by atoms with Crippen molar-refractivity contribution in [3.63, 3.8) is 0 Å². The van der Waals surface area contributed by atoms with Gasteiger partial charge in [-0.05, 0) is 57.4 Å². The second kappa shape index (κ2) is 5.60. The van der Waals surface area contributed by atoms with Crippen molar-refractivity contribution in [3.8, 4) is 0 Å². The van der Waals surface area contributed by atoms with Crippen LogP contribution in [-0.2, 0) is 20.2 Å². The highest BCUT2D eigenvalue weighted by molar-refractivity contribution is 7.89. The number of rotatable bonds is 3. The Labute approximate surface area is 138 Å². The molecule has 0 radical (unpaired) electrons. The standard InChI is InChI=1S/C17H24N2O3S/c1-4-19-15-9-8-13(12-14(15)17(2,3)16(19)20)23(21,22)18-10-6-5-7-11-18/h8-9,12H,4-7,10-11H2,1-3H3. The first kappa shape index (κ1) is 16.5. The summed E-state index contributed by atoms with van der Waals surface area (Å²) in [7, 11) is -3.47. The molecule has 126 valence electrons. The number of sulfonamides is 1. The Hall–Kier alpha value is -1.40. The predicted octanol–water partition coefficient (Wildman–Crippen LogP) is 2.51. The molecule has 1 fully saturated rings. The van der Waals surface area contributed by atoms with Gasteiger partial charge in [-0.1, -0.05) is 6.42 Å². The van der Waals surface area contributed by atoms with Crippen LogP contribution >= 0.6 is 0 Å². The number of benzene rings is 1. The lowest BCUT2D eigenvalue weighted by atomic mass is 9.86. The lowest BCUT2D eigenvalue weighted by Crippen LogP contribution is -2.36. The molecule has 0 unspecified atom stereocenters. The molecule has 1 aromatic rings. The summed E-state index contributed by atoms with van der Waals surface area (Å²) in [5, 5.41) is 0. The molecule has 6 heteroatoms. The van der Waals surface area contributed by atoms with Crippen LogP contribution in [0.1, 0.15) is 45.6 Å². The summed E-state index contributed by atoms with van der Waals surface area (Å²) in [4.78, 5) is 14.6. The minimum absolute atomic E-state index is 0.0301. The summed E-state index contributed by atoms with van der Waals surface area (Å²) in [6, 6.07) is 5.12. The highest BCUT2D eigenvalue weighted by Crippen LogP contribution is 2.42. The van der Waals surface area contributed by atoms with E-state index < -0.39 is 15.4 Å². The highest BCUT2D eigenvalue weighted by atomic mass is 32.2. The van der Waals surface area contributed by atoms with Gasteiger partial charge in [-0.2, -0.15) is 4.31 Å². The van der Waals surface area contributed by atoms with Gasteiger partial charge in [0.15, 0.2) is 0 Å². The van der Waals surface area contributed by atoms with E-state index in [2.05, 4.69) is 0 Å². The highest BCUT2D eigenvalue weighted by Gasteiger charge is 2.44. The molecule has 0 atom stereocenters. The fraction of sp³-hybridized carbons (Fsp3) is 0.588. The van der Waals surface area contributed by atoms with Crippen LogP contribution < -0.4 is 4.90 Å². The molecule has 1 saturated heterocycles. The molecule has 3 rings (SSSR count). The second-order valence-corrected chi connectivity index (χ2v) is 8.76. The van der Waals surface area contributed by atoms with Crippen molar-refractivity contribution in [2.45, 2.75) is 50.3 Å². The lowest BCUT2D eigenvalue weighted by molar-refractivity contribution is -0.122. The topological polar surface area (TPSA) is 57.7 Å². The number of fused-ring (bicyclic) bond motifs is 1. The molecule has 0 aliphatic carbocycles. The van der Waals surface area contributed by atoms with Crippen LogP contribution in [0.3, 0.4) is 0 Å². The molecule has 5 nitrogen and oxygen atoms in total. The second-order valence-electron chi connectivity index (χ2n) is 6.82. The Kier molecular flexibility index (Phi) is 4.01. The quantitative estimate of drug-likeness (QED) is 0.852. The maximum atomic E-state index is 12.9. The first-order chi connectivity index (χ1) is 10.8. The van der Waals surface area contributed by atoms with E-state index in [0.29, 0.717) is 24.5 Å². The zero-order chi connectivity index (χ0) is 16.8. The summed E-state index contributed by atoms with van der Waals surface area (Å²) in [6.45, 7) is 7.42. The summed E-state index contributed by atoms with van der Waals surface area (Å²) in [5.41, 5.74) is 0.959. The lowest BCUT2D eigenvalue weighted by Gasteiger charge is -2.26. The maximum Gasteiger partial charge on any atom is 0.243 e. The molecule has 2 heterocycles. The first-order valence-electron chi connectivity index (χ1n) is 8.27. The van der Waals surface area contributed by atoms with Gasteiger partial charge in [-0.3, -0.25) is 4.79 Å². The molecule has 0 bridgehead atoms. The zero-order valence-corrected chi connectivity index (χ0v) is 14.8. The Morgan fingerprint density at radius 3 is 2.39 bits per heavy atom. The van der Waals surface area contributed by atoms with Crippen molar-refractivity contribution in [2.75, 3.05) is 24.5 Å². The van der Waals surface area contributed by atoms with Crippen LogP contribution in [-0.4, -0.2) is 38.3 Å². The number of hydrogen-bond acceptors (Lipinski definition) is 3. The molecule has 2 aliphatic heterocycles. The average Bonchev–Trinajstić information content (AvgIpc) is 2.74. The first-order valence-corrected chi connectivity index (χ1v) is 9.71. The van der Waals surface area contributed by atoms with Gasteiger partial charge in [0.25, 0.3) is 0 Å². The molecule has 0 saturated carbocycles. The SMILES string of the molecule is CCN1C(=O)C(C)(C)c2cc(S(=O)(=O)N3CCCCC3)ccc21. The van der Waals surface area contributed by atoms with Gasteiger partial charge in [-0.15, -0.1) is 0 Å². The smallest absolute Gasteiger partial charge is 0.243 e. The van der Waals surface area contributed by atoms with E-state index >= 15 is 0 Å². The monoisotopic (exact) mass is 336 g/mol. The molecule has 1 amide bonds. The van der Waals surface area contributed by atoms with Crippen molar-refractivity contribution in [1.29, 1.82) is 0 Å². The largest absolute Gasteiger partial charge is 0.312 e. The molecule has 0 spiro atoms. The molecular formula is C17H24N2O3S. The maximum absolute atomic E-state index is 12.9. The Morgan fingerprint density at radius 2 is 1.78 bits per heavy atom. The molecule has 23 heavy (non-hydrogen) atoms. The van der Waals surface area contributed by atoms with Crippen LogP contribution in [0.4, 0.5) is 5.69 Å². The number of piperidine rings is 1. The van der Waals surface area contributed by atoms with Crippen molar-refractivity contribution in [2.24, 2.45) is 0 Å². The summed E-state index contributed by atoms with van der Waals surface area (Å²) < 4.78 is 27.3. The summed E-state index contributed by atoms with van der Waals surface area (Å²) in [6.07, 6.45) is 2.92. The van der Waals surface area contributed by atoms with Crippen LogP contribution in [0, 0.1) is 0 Å². The third-order valence-corrected chi connectivity index (χ3v) is 6.88. The van der Waals surface area contributed by atoms with E-state index in [1.54, 1.807) is 27.4 Å². The van der Waals surface area contributed by atoms with E-state index in [1.807, 2.05) is 20.8 Å². The van der Waals surface area contributed by atoms with E-state index in [9.17, 15) is 13.2 Å². The van der Waals surface area contributed by atoms with Crippen molar-refractivity contribution >= 4 is 21.6 Å². The van der Waals surface area contributed by atoms with Crippen LogP contribution in [0.15, 0.2) is 23.1 Å². The van der Waals surface area contributed by atoms with Gasteiger partial charge in [-0.25, -0.2) is 8.42 Å². The molecular weight excluding hydrogens is 312 g/mol. The van der Waals surface area contributed by atoms with E-state index in [-0.39, 0.29) is 5.91 Å². The Bertz CT molecular complexity index is 734. The van der Waals surface area contributed by atoms with Crippen molar-refractivity contribution in [3.05, 3.63) is 23.8 Å². The number of anilines is 1. The van der Waals surface area contributed by atoms with Gasteiger partial charge in [0.2, 0.25) is 15.9 Å². The number of carbonyl (C=O) groups is 1. The van der Waals surface area contributed by atoms with Crippen molar-refractivity contribution < 1.29 is 13.2 Å².